The Balaban J connectivity index is 1.43. The van der Waals surface area contributed by atoms with Crippen LogP contribution in [0.1, 0.15) is 76.1 Å². The molecule has 9 nitrogen and oxygen atoms in total. The Morgan fingerprint density at radius 1 is 0.938 bits per heavy atom. The van der Waals surface area contributed by atoms with Crippen molar-refractivity contribution in [3.63, 3.8) is 0 Å². The van der Waals surface area contributed by atoms with Gasteiger partial charge in [-0.05, 0) is 98.5 Å². The second-order valence-corrected chi connectivity index (χ2v) is 14.3. The Morgan fingerprint density at radius 3 is 2.23 bits per heavy atom. The minimum Gasteiger partial charge on any atom is -0.478 e. The summed E-state index contributed by atoms with van der Waals surface area (Å²) in [5.74, 6) is -2.48. The van der Waals surface area contributed by atoms with E-state index in [1.165, 1.54) is 36.4 Å². The SMILES string of the molecule is O=C(O)c1cccc(S(=O)(=O)N2c3ccc(C(=O)NCc4ncccc4C(F)(F)F)cc3C3(CCC(O)(C(F)(F)F)CC3)C2C2CC2)c1. The molecule has 2 saturated carbocycles. The molecule has 1 atom stereocenters. The van der Waals surface area contributed by atoms with Crippen LogP contribution in [0, 0.1) is 5.92 Å². The zero-order chi connectivity index (χ0) is 34.9. The number of aliphatic hydroxyl groups is 1. The maximum Gasteiger partial charge on any atom is 0.418 e. The molecule has 1 amide bonds. The van der Waals surface area contributed by atoms with E-state index in [2.05, 4.69) is 10.3 Å². The number of nitrogens with zero attached hydrogens (tertiary/aromatic N) is 2. The average molecular weight is 698 g/mol. The molecular weight excluding hydrogens is 668 g/mol. The Hall–Kier alpha value is -4.18. The van der Waals surface area contributed by atoms with E-state index in [0.29, 0.717) is 12.8 Å². The van der Waals surface area contributed by atoms with Crippen LogP contribution in [0.5, 0.6) is 0 Å². The number of pyridine rings is 1. The number of nitrogens with one attached hydrogen (secondary N) is 1. The van der Waals surface area contributed by atoms with Crippen molar-refractivity contribution >= 4 is 27.6 Å². The number of hydrogen-bond acceptors (Lipinski definition) is 6. The number of carbonyl (C=O) groups is 2. The van der Waals surface area contributed by atoms with Crippen LogP contribution in [-0.2, 0) is 28.2 Å². The van der Waals surface area contributed by atoms with Crippen molar-refractivity contribution in [3.8, 4) is 0 Å². The van der Waals surface area contributed by atoms with Crippen molar-refractivity contribution in [2.24, 2.45) is 5.92 Å². The first-order valence-electron chi connectivity index (χ1n) is 15.0. The molecule has 0 radical (unpaired) electrons. The highest BCUT2D eigenvalue weighted by molar-refractivity contribution is 7.93. The van der Waals surface area contributed by atoms with Gasteiger partial charge in [-0.1, -0.05) is 6.07 Å². The number of fused-ring (bicyclic) bond motifs is 2. The van der Waals surface area contributed by atoms with E-state index >= 15 is 0 Å². The highest BCUT2D eigenvalue weighted by Gasteiger charge is 2.65. The quantitative estimate of drug-likeness (QED) is 0.265. The van der Waals surface area contributed by atoms with E-state index in [0.717, 1.165) is 28.7 Å². The van der Waals surface area contributed by atoms with E-state index in [1.54, 1.807) is 0 Å². The normalized spacial score (nSPS) is 24.4. The van der Waals surface area contributed by atoms with Crippen molar-refractivity contribution in [1.82, 2.24) is 10.3 Å². The lowest BCUT2D eigenvalue weighted by molar-refractivity contribution is -0.273. The van der Waals surface area contributed by atoms with Crippen molar-refractivity contribution in [3.05, 3.63) is 88.7 Å². The van der Waals surface area contributed by atoms with Crippen LogP contribution in [0.3, 0.4) is 0 Å². The molecule has 2 aromatic carbocycles. The Kier molecular flexibility index (Phi) is 8.05. The van der Waals surface area contributed by atoms with Gasteiger partial charge in [0, 0.05) is 17.2 Å². The number of hydrogen-bond donors (Lipinski definition) is 3. The lowest BCUT2D eigenvalue weighted by Crippen LogP contribution is -2.56. The van der Waals surface area contributed by atoms with E-state index in [9.17, 15) is 54.6 Å². The fraction of sp³-hybridized carbons (Fsp3) is 0.406. The summed E-state index contributed by atoms with van der Waals surface area (Å²) in [5.41, 5.74) is -5.80. The van der Waals surface area contributed by atoms with Crippen molar-refractivity contribution in [2.45, 2.75) is 79.4 Å². The van der Waals surface area contributed by atoms with E-state index in [1.807, 2.05) is 0 Å². The van der Waals surface area contributed by atoms with Crippen LogP contribution in [0.25, 0.3) is 0 Å². The number of halogens is 6. The molecule has 1 aliphatic heterocycles. The zero-order valence-corrected chi connectivity index (χ0v) is 25.8. The van der Waals surface area contributed by atoms with Crippen LogP contribution < -0.4 is 9.62 Å². The summed E-state index contributed by atoms with van der Waals surface area (Å²) in [5, 5.41) is 22.5. The highest BCUT2D eigenvalue weighted by atomic mass is 32.2. The van der Waals surface area contributed by atoms with Gasteiger partial charge in [0.1, 0.15) is 0 Å². The number of carboxylic acids is 1. The second kappa shape index (κ2) is 11.5. The van der Waals surface area contributed by atoms with Crippen LogP contribution >= 0.6 is 0 Å². The third kappa shape index (κ3) is 5.67. The fourth-order valence-corrected chi connectivity index (χ4v) is 8.94. The molecule has 2 aliphatic carbocycles. The third-order valence-corrected chi connectivity index (χ3v) is 11.5. The molecule has 16 heteroatoms. The number of alkyl halides is 6. The van der Waals surface area contributed by atoms with E-state index in [4.69, 9.17) is 0 Å². The summed E-state index contributed by atoms with van der Waals surface area (Å²) in [7, 11) is -4.52. The van der Waals surface area contributed by atoms with Crippen LogP contribution in [-0.4, -0.2) is 53.3 Å². The summed E-state index contributed by atoms with van der Waals surface area (Å²) < 4.78 is 112. The summed E-state index contributed by atoms with van der Waals surface area (Å²) in [6.07, 6.45) is -9.47. The Morgan fingerprint density at radius 2 is 1.62 bits per heavy atom. The maximum atomic E-state index is 14.3. The summed E-state index contributed by atoms with van der Waals surface area (Å²) >= 11 is 0. The molecule has 1 unspecified atom stereocenters. The first-order valence-corrected chi connectivity index (χ1v) is 16.4. The van der Waals surface area contributed by atoms with Crippen molar-refractivity contribution in [1.29, 1.82) is 0 Å². The smallest absolute Gasteiger partial charge is 0.418 e. The maximum absolute atomic E-state index is 14.3. The summed E-state index contributed by atoms with van der Waals surface area (Å²) in [4.78, 5) is 28.4. The first-order chi connectivity index (χ1) is 22.4. The minimum atomic E-state index is -4.95. The molecule has 6 rings (SSSR count). The van der Waals surface area contributed by atoms with Gasteiger partial charge in [0.15, 0.2) is 5.60 Å². The Labute approximate surface area is 270 Å². The van der Waals surface area contributed by atoms with Gasteiger partial charge >= 0.3 is 18.3 Å². The lowest BCUT2D eigenvalue weighted by Gasteiger charge is -2.47. The van der Waals surface area contributed by atoms with Gasteiger partial charge in [0.05, 0.1) is 40.0 Å². The Bertz CT molecular complexity index is 1890. The van der Waals surface area contributed by atoms with Gasteiger partial charge < -0.3 is 15.5 Å². The van der Waals surface area contributed by atoms with Gasteiger partial charge in [0.25, 0.3) is 15.9 Å². The van der Waals surface area contributed by atoms with Gasteiger partial charge in [-0.2, -0.15) is 26.3 Å². The third-order valence-electron chi connectivity index (χ3n) is 9.67. The number of amides is 1. The van der Waals surface area contributed by atoms with Gasteiger partial charge in [-0.25, -0.2) is 13.2 Å². The lowest BCUT2D eigenvalue weighted by atomic mass is 9.61. The molecule has 3 aromatic rings. The molecule has 1 aromatic heterocycles. The van der Waals surface area contributed by atoms with Crippen molar-refractivity contribution < 1.29 is 54.6 Å². The summed E-state index contributed by atoms with van der Waals surface area (Å²) in [6.45, 7) is -0.597. The number of rotatable bonds is 7. The standard InChI is InChI=1S/C32H29F6N3O6S/c33-31(34,35)22-5-2-14-39-24(22)17-40-27(42)19-8-9-25-23(16-19)29(10-12-30(45,13-11-29)32(36,37)38)26(18-6-7-18)41(25)48(46,47)21-4-1-3-20(15-21)28(43)44/h1-5,8-9,14-16,18,26,45H,6-7,10-13,17H2,(H,40,42)(H,43,44). The number of sulfonamides is 1. The molecule has 3 N–H and O–H groups in total. The molecule has 256 valence electrons. The van der Waals surface area contributed by atoms with Crippen molar-refractivity contribution in [2.75, 3.05) is 4.31 Å². The molecule has 0 bridgehead atoms. The molecule has 2 heterocycles. The molecular formula is C32H29F6N3O6S. The number of benzene rings is 2. The molecule has 1 spiro atoms. The number of aromatic nitrogens is 1. The largest absolute Gasteiger partial charge is 0.478 e. The van der Waals surface area contributed by atoms with Gasteiger partial charge in [-0.3, -0.25) is 14.1 Å². The monoisotopic (exact) mass is 697 g/mol. The predicted molar refractivity (Wildman–Crippen MR) is 158 cm³/mol. The van der Waals surface area contributed by atoms with Crippen LogP contribution in [0.4, 0.5) is 32.0 Å². The summed E-state index contributed by atoms with van der Waals surface area (Å²) in [6, 6.07) is 9.65. The average Bonchev–Trinajstić information content (AvgIpc) is 3.83. The molecule has 2 fully saturated rings. The van der Waals surface area contributed by atoms with E-state index in [-0.39, 0.29) is 46.0 Å². The van der Waals surface area contributed by atoms with Crippen LogP contribution in [0.15, 0.2) is 65.7 Å². The molecule has 48 heavy (non-hydrogen) atoms. The number of carboxylic acid groups (broad SMARTS) is 1. The van der Waals surface area contributed by atoms with E-state index < -0.39 is 82.0 Å². The predicted octanol–water partition coefficient (Wildman–Crippen LogP) is 5.82. The first kappa shape index (κ1) is 33.7. The number of anilines is 1. The number of carbonyl (C=O) groups excluding carboxylic acids is 1. The second-order valence-electron chi connectivity index (χ2n) is 12.5. The number of aromatic carboxylic acids is 1. The topological polar surface area (TPSA) is 137 Å². The molecule has 0 saturated heterocycles. The molecule has 3 aliphatic rings. The minimum absolute atomic E-state index is 0.0732. The fourth-order valence-electron chi connectivity index (χ4n) is 7.10. The van der Waals surface area contributed by atoms with Gasteiger partial charge in [0.2, 0.25) is 0 Å². The van der Waals surface area contributed by atoms with Gasteiger partial charge in [-0.15, -0.1) is 0 Å². The zero-order valence-electron chi connectivity index (χ0n) is 25.0. The van der Waals surface area contributed by atoms with Crippen LogP contribution in [0.2, 0.25) is 0 Å². The highest BCUT2D eigenvalue weighted by Crippen LogP contribution is 2.62.